The lowest BCUT2D eigenvalue weighted by atomic mass is 9.61. The first-order valence-corrected chi connectivity index (χ1v) is 19.6. The van der Waals surface area contributed by atoms with Crippen LogP contribution in [0.25, 0.3) is 70.6 Å². The molecule has 7 aromatic carbocycles. The molecule has 0 bridgehead atoms. The second-order valence-corrected chi connectivity index (χ2v) is 18.2. The summed E-state index contributed by atoms with van der Waals surface area (Å²) >= 11 is 0. The molecule has 0 saturated heterocycles. The van der Waals surface area contributed by atoms with Gasteiger partial charge in [-0.15, -0.1) is 0 Å². The summed E-state index contributed by atoms with van der Waals surface area (Å²) < 4.78 is 0. The Hall–Kier alpha value is -5.72. The molecule has 0 radical (unpaired) electrons. The average Bonchev–Trinajstić information content (AvgIpc) is 3.17. The minimum Gasteiger partial charge on any atom is -0.0581 e. The second-order valence-electron chi connectivity index (χ2n) is 18.2. The van der Waals surface area contributed by atoms with Crippen molar-refractivity contribution in [3.05, 3.63) is 185 Å². The first-order chi connectivity index (χ1) is 26.0. The van der Waals surface area contributed by atoms with E-state index in [1.807, 2.05) is 0 Å². The van der Waals surface area contributed by atoms with Crippen LogP contribution in [0.1, 0.15) is 52.7 Å². The number of hydrogen-bond donors (Lipinski definition) is 0. The lowest BCUT2D eigenvalue weighted by molar-refractivity contribution is 0.500. The van der Waals surface area contributed by atoms with Crippen LogP contribution in [0.5, 0.6) is 0 Å². The highest BCUT2D eigenvalue weighted by Gasteiger charge is 2.40. The third-order valence-corrected chi connectivity index (χ3v) is 12.9. The maximum absolute atomic E-state index is 2.45. The summed E-state index contributed by atoms with van der Waals surface area (Å²) in [7, 11) is 0. The third-order valence-electron chi connectivity index (χ3n) is 12.9. The second kappa shape index (κ2) is 10.9. The van der Waals surface area contributed by atoms with Crippen LogP contribution in [-0.2, 0) is 5.41 Å². The van der Waals surface area contributed by atoms with Crippen molar-refractivity contribution < 1.29 is 0 Å². The third kappa shape index (κ3) is 4.62. The molecule has 260 valence electrons. The van der Waals surface area contributed by atoms with Crippen molar-refractivity contribution in [1.29, 1.82) is 0 Å². The maximum atomic E-state index is 2.45. The molecule has 2 atom stereocenters. The molecule has 0 aromatic heterocycles. The molecule has 0 heterocycles. The summed E-state index contributed by atoms with van der Waals surface area (Å²) in [4.78, 5) is 0. The summed E-state index contributed by atoms with van der Waals surface area (Å²) in [6, 6.07) is 37.5. The Kier molecular flexibility index (Phi) is 6.43. The summed E-state index contributed by atoms with van der Waals surface area (Å²) in [6.07, 6.45) is 19.1. The number of fused-ring (bicyclic) bond motifs is 3. The van der Waals surface area contributed by atoms with E-state index in [0.717, 1.165) is 0 Å². The maximum Gasteiger partial charge on any atom is 0.0205 e. The van der Waals surface area contributed by atoms with Gasteiger partial charge in [0, 0.05) is 11.8 Å². The summed E-state index contributed by atoms with van der Waals surface area (Å²) in [6.45, 7) is 13.9. The number of hydrogen-bond acceptors (Lipinski definition) is 0. The van der Waals surface area contributed by atoms with Crippen LogP contribution >= 0.6 is 0 Å². The molecule has 0 saturated carbocycles. The van der Waals surface area contributed by atoms with Gasteiger partial charge < -0.3 is 0 Å². The van der Waals surface area contributed by atoms with E-state index in [0.29, 0.717) is 11.8 Å². The molecule has 0 amide bonds. The van der Waals surface area contributed by atoms with Crippen LogP contribution in [0, 0.1) is 17.3 Å². The van der Waals surface area contributed by atoms with Crippen LogP contribution < -0.4 is 0 Å². The molecule has 4 aliphatic rings. The van der Waals surface area contributed by atoms with Gasteiger partial charge in [0.15, 0.2) is 0 Å². The van der Waals surface area contributed by atoms with Crippen LogP contribution in [0.4, 0.5) is 0 Å². The highest BCUT2D eigenvalue weighted by Crippen LogP contribution is 2.53. The predicted octanol–water partition coefficient (Wildman–Crippen LogP) is 14.8. The SMILES string of the molecule is CC(C)(C)C1=CC2=CC=C3C(c4ccc5c(ccc6cc(-c7ccc8ccc9cc(C(C)(C)C)cc%10ccc7c8c9%10)ccc65)c4)=CC=C4C=CC(=C1)C2C43. The van der Waals surface area contributed by atoms with Gasteiger partial charge in [-0.3, -0.25) is 0 Å². The highest BCUT2D eigenvalue weighted by atomic mass is 14.4. The molecular formula is C54H44. The van der Waals surface area contributed by atoms with Crippen LogP contribution in [-0.4, -0.2) is 0 Å². The van der Waals surface area contributed by atoms with Crippen molar-refractivity contribution in [2.75, 3.05) is 0 Å². The van der Waals surface area contributed by atoms with Gasteiger partial charge in [0.25, 0.3) is 0 Å². The number of allylic oxidation sites excluding steroid dienone is 14. The van der Waals surface area contributed by atoms with Gasteiger partial charge in [0.1, 0.15) is 0 Å². The Balaban J connectivity index is 0.983. The minimum atomic E-state index is 0.106. The van der Waals surface area contributed by atoms with Crippen molar-refractivity contribution in [2.45, 2.75) is 47.0 Å². The van der Waals surface area contributed by atoms with Crippen molar-refractivity contribution >= 4 is 59.4 Å². The van der Waals surface area contributed by atoms with E-state index in [4.69, 9.17) is 0 Å². The van der Waals surface area contributed by atoms with Gasteiger partial charge in [0.05, 0.1) is 0 Å². The Morgan fingerprint density at radius 3 is 1.78 bits per heavy atom. The Labute approximate surface area is 318 Å². The molecule has 0 heteroatoms. The van der Waals surface area contributed by atoms with E-state index in [1.54, 1.807) is 0 Å². The smallest absolute Gasteiger partial charge is 0.0205 e. The first kappa shape index (κ1) is 31.8. The first-order valence-electron chi connectivity index (χ1n) is 19.6. The predicted molar refractivity (Wildman–Crippen MR) is 233 cm³/mol. The lowest BCUT2D eigenvalue weighted by Gasteiger charge is -2.42. The van der Waals surface area contributed by atoms with Crippen LogP contribution in [0.15, 0.2) is 174 Å². The molecule has 54 heavy (non-hydrogen) atoms. The van der Waals surface area contributed by atoms with Crippen LogP contribution in [0.2, 0.25) is 0 Å². The summed E-state index contributed by atoms with van der Waals surface area (Å²) in [5.74, 6) is 0.759. The molecule has 7 aromatic rings. The van der Waals surface area contributed by atoms with Gasteiger partial charge in [-0.2, -0.15) is 0 Å². The zero-order valence-corrected chi connectivity index (χ0v) is 32.0. The molecule has 4 aliphatic carbocycles. The van der Waals surface area contributed by atoms with Gasteiger partial charge in [-0.1, -0.05) is 175 Å². The molecule has 11 rings (SSSR count). The average molecular weight is 693 g/mol. The van der Waals surface area contributed by atoms with Gasteiger partial charge in [-0.25, -0.2) is 0 Å². The summed E-state index contributed by atoms with van der Waals surface area (Å²) in [5, 5.41) is 13.2. The molecule has 2 unspecified atom stereocenters. The van der Waals surface area contributed by atoms with E-state index < -0.39 is 0 Å². The fourth-order valence-corrected chi connectivity index (χ4v) is 9.90. The van der Waals surface area contributed by atoms with Crippen LogP contribution in [0.3, 0.4) is 0 Å². The molecule has 0 nitrogen and oxygen atoms in total. The van der Waals surface area contributed by atoms with Crippen molar-refractivity contribution in [2.24, 2.45) is 17.3 Å². The lowest BCUT2D eigenvalue weighted by Crippen LogP contribution is -2.30. The van der Waals surface area contributed by atoms with Gasteiger partial charge in [0.2, 0.25) is 0 Å². The number of benzene rings is 7. The monoisotopic (exact) mass is 692 g/mol. The minimum absolute atomic E-state index is 0.106. The fraction of sp³-hybridized carbons (Fsp3) is 0.185. The Bertz CT molecular complexity index is 3020. The quantitative estimate of drug-likeness (QED) is 0.158. The standard InChI is InChI=1S/C54H44/c1-53(2,3)41-27-37-11-7-31-13-19-45(47-23-17-39(29-41)49(37)51(31)47)35-15-21-43-33(25-35)9-10-34-26-36(16-22-44(34)43)46-20-14-32-8-12-38-28-42(54(4,5)6)30-40-18-24-48(46)52(32)50(38)40/h7-30,49,51H,1-6H3. The topological polar surface area (TPSA) is 0 Å². The van der Waals surface area contributed by atoms with Crippen molar-refractivity contribution in [1.82, 2.24) is 0 Å². The Morgan fingerprint density at radius 2 is 1.04 bits per heavy atom. The largest absolute Gasteiger partial charge is 0.0581 e. The molecule has 0 spiro atoms. The number of rotatable bonds is 2. The van der Waals surface area contributed by atoms with E-state index in [9.17, 15) is 0 Å². The molecule has 0 fully saturated rings. The zero-order valence-electron chi connectivity index (χ0n) is 32.0. The van der Waals surface area contributed by atoms with Gasteiger partial charge in [-0.05, 0) is 133 Å². The normalized spacial score (nSPS) is 19.5. The Morgan fingerprint density at radius 1 is 0.426 bits per heavy atom. The van der Waals surface area contributed by atoms with Crippen molar-refractivity contribution in [3.63, 3.8) is 0 Å². The fourth-order valence-electron chi connectivity index (χ4n) is 9.90. The highest BCUT2D eigenvalue weighted by molar-refractivity contribution is 6.26. The molecule has 0 aliphatic heterocycles. The zero-order chi connectivity index (χ0) is 36.7. The van der Waals surface area contributed by atoms with E-state index >= 15 is 0 Å². The van der Waals surface area contributed by atoms with Gasteiger partial charge >= 0.3 is 0 Å². The summed E-state index contributed by atoms with van der Waals surface area (Å²) in [5.41, 5.74) is 14.0. The molecular weight excluding hydrogens is 649 g/mol. The van der Waals surface area contributed by atoms with E-state index in [-0.39, 0.29) is 10.8 Å². The molecule has 0 N–H and O–H groups in total. The van der Waals surface area contributed by atoms with Crippen molar-refractivity contribution in [3.8, 4) is 11.1 Å². The van der Waals surface area contributed by atoms with E-state index in [1.165, 1.54) is 110 Å². The van der Waals surface area contributed by atoms with E-state index in [2.05, 4.69) is 187 Å².